The van der Waals surface area contributed by atoms with Crippen molar-refractivity contribution in [1.82, 2.24) is 19.7 Å². The maximum Gasteiger partial charge on any atom is 0.254 e. The number of fused-ring (bicyclic) bond motifs is 1. The molecule has 0 radical (unpaired) electrons. The Morgan fingerprint density at radius 2 is 1.96 bits per heavy atom. The first-order valence-corrected chi connectivity index (χ1v) is 9.37. The lowest BCUT2D eigenvalue weighted by atomic mass is 10.1. The first-order valence-electron chi connectivity index (χ1n) is 9.37. The Kier molecular flexibility index (Phi) is 4.63. The van der Waals surface area contributed by atoms with Crippen molar-refractivity contribution in [3.8, 4) is 0 Å². The van der Waals surface area contributed by atoms with Crippen molar-refractivity contribution in [1.29, 1.82) is 0 Å². The van der Waals surface area contributed by atoms with Crippen molar-refractivity contribution < 1.29 is 9.90 Å². The molecule has 1 atom stereocenters. The van der Waals surface area contributed by atoms with E-state index in [1.165, 1.54) is 6.42 Å². The van der Waals surface area contributed by atoms with Crippen LogP contribution in [0.4, 0.5) is 5.82 Å². The molecule has 138 valence electrons. The average Bonchev–Trinajstić information content (AvgIpc) is 3.12. The number of carbonyl (C=O) groups is 1. The Labute approximate surface area is 153 Å². The SMILES string of the molecule is CC(O)c1cc2n(n1)CCN(c1cc(C(=O)N3CCCCC3)ccn1)C2. The van der Waals surface area contributed by atoms with Crippen LogP contribution in [0.25, 0.3) is 0 Å². The predicted molar refractivity (Wildman–Crippen MR) is 97.9 cm³/mol. The summed E-state index contributed by atoms with van der Waals surface area (Å²) in [7, 11) is 0. The third-order valence-electron chi connectivity index (χ3n) is 5.20. The Hall–Kier alpha value is -2.41. The van der Waals surface area contributed by atoms with E-state index in [9.17, 15) is 9.90 Å². The van der Waals surface area contributed by atoms with Crippen molar-refractivity contribution in [2.45, 2.75) is 45.4 Å². The smallest absolute Gasteiger partial charge is 0.254 e. The molecular weight excluding hydrogens is 330 g/mol. The molecule has 2 aliphatic heterocycles. The lowest BCUT2D eigenvalue weighted by Gasteiger charge is -2.30. The minimum atomic E-state index is -0.565. The van der Waals surface area contributed by atoms with E-state index in [4.69, 9.17) is 0 Å². The number of carbonyl (C=O) groups excluding carboxylic acids is 1. The van der Waals surface area contributed by atoms with E-state index in [2.05, 4.69) is 15.0 Å². The highest BCUT2D eigenvalue weighted by molar-refractivity contribution is 5.94. The number of aliphatic hydroxyl groups excluding tert-OH is 1. The molecule has 0 spiro atoms. The molecule has 2 aliphatic rings. The number of amides is 1. The fourth-order valence-corrected chi connectivity index (χ4v) is 3.69. The van der Waals surface area contributed by atoms with Crippen LogP contribution in [0.15, 0.2) is 24.4 Å². The Balaban J connectivity index is 1.52. The van der Waals surface area contributed by atoms with Crippen LogP contribution in [0.2, 0.25) is 0 Å². The Bertz CT molecular complexity index is 795. The van der Waals surface area contributed by atoms with Crippen LogP contribution >= 0.6 is 0 Å². The number of aromatic nitrogens is 3. The van der Waals surface area contributed by atoms with Crippen LogP contribution < -0.4 is 4.90 Å². The lowest BCUT2D eigenvalue weighted by Crippen LogP contribution is -2.36. The first-order chi connectivity index (χ1) is 12.6. The number of rotatable bonds is 3. The van der Waals surface area contributed by atoms with E-state index in [1.807, 2.05) is 21.7 Å². The summed E-state index contributed by atoms with van der Waals surface area (Å²) in [6, 6.07) is 5.65. The second kappa shape index (κ2) is 7.07. The van der Waals surface area contributed by atoms with Crippen LogP contribution in [-0.2, 0) is 13.1 Å². The van der Waals surface area contributed by atoms with Crippen LogP contribution in [0.5, 0.6) is 0 Å². The summed E-state index contributed by atoms with van der Waals surface area (Å²) in [5, 5.41) is 14.2. The zero-order chi connectivity index (χ0) is 18.1. The fraction of sp³-hybridized carbons (Fsp3) is 0.526. The third kappa shape index (κ3) is 3.31. The molecule has 7 heteroatoms. The molecule has 4 rings (SSSR count). The molecule has 1 unspecified atom stereocenters. The molecule has 1 fully saturated rings. The average molecular weight is 355 g/mol. The van der Waals surface area contributed by atoms with Crippen molar-refractivity contribution in [3.63, 3.8) is 0 Å². The van der Waals surface area contributed by atoms with Crippen molar-refractivity contribution in [2.75, 3.05) is 24.5 Å². The van der Waals surface area contributed by atoms with E-state index < -0.39 is 6.10 Å². The van der Waals surface area contributed by atoms with Crippen LogP contribution in [0.3, 0.4) is 0 Å². The van der Waals surface area contributed by atoms with Gasteiger partial charge in [0.15, 0.2) is 0 Å². The highest BCUT2D eigenvalue weighted by atomic mass is 16.3. The summed E-state index contributed by atoms with van der Waals surface area (Å²) >= 11 is 0. The summed E-state index contributed by atoms with van der Waals surface area (Å²) < 4.78 is 1.95. The number of pyridine rings is 1. The third-order valence-corrected chi connectivity index (χ3v) is 5.20. The molecule has 1 saturated heterocycles. The number of hydrogen-bond acceptors (Lipinski definition) is 5. The molecule has 0 saturated carbocycles. The van der Waals surface area contributed by atoms with Gasteiger partial charge in [-0.25, -0.2) is 4.98 Å². The van der Waals surface area contributed by atoms with Gasteiger partial charge in [-0.05, 0) is 44.4 Å². The Morgan fingerprint density at radius 1 is 1.15 bits per heavy atom. The number of likely N-dealkylation sites (tertiary alicyclic amines) is 1. The topological polar surface area (TPSA) is 74.5 Å². The lowest BCUT2D eigenvalue weighted by molar-refractivity contribution is 0.0724. The molecular formula is C19H25N5O2. The minimum absolute atomic E-state index is 0.104. The van der Waals surface area contributed by atoms with Gasteiger partial charge in [0.05, 0.1) is 30.6 Å². The predicted octanol–water partition coefficient (Wildman–Crippen LogP) is 1.98. The van der Waals surface area contributed by atoms with Crippen molar-refractivity contribution >= 4 is 11.7 Å². The molecule has 26 heavy (non-hydrogen) atoms. The minimum Gasteiger partial charge on any atom is -0.387 e. The van der Waals surface area contributed by atoms with Gasteiger partial charge in [-0.1, -0.05) is 0 Å². The van der Waals surface area contributed by atoms with Gasteiger partial charge in [-0.15, -0.1) is 0 Å². The molecule has 7 nitrogen and oxygen atoms in total. The van der Waals surface area contributed by atoms with Gasteiger partial charge in [0, 0.05) is 31.4 Å². The van der Waals surface area contributed by atoms with Gasteiger partial charge >= 0.3 is 0 Å². The molecule has 2 aromatic heterocycles. The van der Waals surface area contributed by atoms with Crippen molar-refractivity contribution in [3.05, 3.63) is 41.3 Å². The molecule has 0 aromatic carbocycles. The van der Waals surface area contributed by atoms with E-state index in [-0.39, 0.29) is 5.91 Å². The van der Waals surface area contributed by atoms with E-state index in [0.717, 1.165) is 50.5 Å². The largest absolute Gasteiger partial charge is 0.387 e. The van der Waals surface area contributed by atoms with Gasteiger partial charge < -0.3 is 14.9 Å². The van der Waals surface area contributed by atoms with Gasteiger partial charge in [-0.3, -0.25) is 9.48 Å². The van der Waals surface area contributed by atoms with Gasteiger partial charge in [0.1, 0.15) is 5.82 Å². The number of nitrogens with zero attached hydrogens (tertiary/aromatic N) is 5. The first kappa shape index (κ1) is 17.0. The number of hydrogen-bond donors (Lipinski definition) is 1. The Morgan fingerprint density at radius 3 is 2.73 bits per heavy atom. The second-order valence-corrected chi connectivity index (χ2v) is 7.14. The van der Waals surface area contributed by atoms with E-state index in [0.29, 0.717) is 17.8 Å². The normalized spacial score (nSPS) is 18.5. The molecule has 1 amide bonds. The van der Waals surface area contributed by atoms with Gasteiger partial charge in [0.2, 0.25) is 0 Å². The van der Waals surface area contributed by atoms with E-state index >= 15 is 0 Å². The number of aliphatic hydroxyl groups is 1. The summed E-state index contributed by atoms with van der Waals surface area (Å²) in [6.07, 6.45) is 4.54. The number of anilines is 1. The van der Waals surface area contributed by atoms with E-state index in [1.54, 1.807) is 19.2 Å². The molecule has 0 bridgehead atoms. The van der Waals surface area contributed by atoms with Gasteiger partial charge in [-0.2, -0.15) is 5.10 Å². The number of piperidine rings is 1. The summed E-state index contributed by atoms with van der Waals surface area (Å²) in [4.78, 5) is 21.3. The maximum absolute atomic E-state index is 12.7. The molecule has 2 aromatic rings. The molecule has 4 heterocycles. The van der Waals surface area contributed by atoms with Gasteiger partial charge in [0.25, 0.3) is 5.91 Å². The van der Waals surface area contributed by atoms with Crippen LogP contribution in [0, 0.1) is 0 Å². The highest BCUT2D eigenvalue weighted by Gasteiger charge is 2.23. The summed E-state index contributed by atoms with van der Waals surface area (Å²) in [6.45, 7) is 5.62. The second-order valence-electron chi connectivity index (χ2n) is 7.14. The van der Waals surface area contributed by atoms with Crippen LogP contribution in [0.1, 0.15) is 54.0 Å². The molecule has 1 N–H and O–H groups in total. The molecule has 0 aliphatic carbocycles. The highest BCUT2D eigenvalue weighted by Crippen LogP contribution is 2.23. The van der Waals surface area contributed by atoms with Crippen molar-refractivity contribution in [2.24, 2.45) is 0 Å². The quantitative estimate of drug-likeness (QED) is 0.911. The summed E-state index contributed by atoms with van der Waals surface area (Å²) in [5.41, 5.74) is 2.46. The maximum atomic E-state index is 12.7. The zero-order valence-corrected chi connectivity index (χ0v) is 15.1. The zero-order valence-electron chi connectivity index (χ0n) is 15.1. The van der Waals surface area contributed by atoms with Crippen LogP contribution in [-0.4, -0.2) is 50.3 Å². The monoisotopic (exact) mass is 355 g/mol. The standard InChI is InChI=1S/C19H25N5O2/c1-14(25)17-12-16-13-23(9-10-24(16)21-17)18-11-15(5-6-20-18)19(26)22-7-3-2-4-8-22/h5-6,11-12,14,25H,2-4,7-10,13H2,1H3. The summed E-state index contributed by atoms with van der Waals surface area (Å²) in [5.74, 6) is 0.922. The fourth-order valence-electron chi connectivity index (χ4n) is 3.69.